The summed E-state index contributed by atoms with van der Waals surface area (Å²) in [4.78, 5) is 2.21. The summed E-state index contributed by atoms with van der Waals surface area (Å²) in [6.07, 6.45) is 3.26. The van der Waals surface area contributed by atoms with Gasteiger partial charge >= 0.3 is 0 Å². The SMILES string of the molecule is Cc1ccccc1-c1ccc2cn(CCCN(C)C)nc2c1. The van der Waals surface area contributed by atoms with Crippen LogP contribution in [0.15, 0.2) is 48.7 Å². The average molecular weight is 293 g/mol. The van der Waals surface area contributed by atoms with Gasteiger partial charge in [0.05, 0.1) is 5.52 Å². The van der Waals surface area contributed by atoms with E-state index in [1.807, 2.05) is 0 Å². The molecule has 0 aliphatic rings. The Labute approximate surface area is 132 Å². The van der Waals surface area contributed by atoms with Crippen molar-refractivity contribution < 1.29 is 0 Å². The minimum atomic E-state index is 0.965. The van der Waals surface area contributed by atoms with Crippen LogP contribution < -0.4 is 0 Å². The van der Waals surface area contributed by atoms with Crippen LogP contribution in [0.1, 0.15) is 12.0 Å². The summed E-state index contributed by atoms with van der Waals surface area (Å²) in [5, 5.41) is 5.93. The molecule has 3 heteroatoms. The fraction of sp³-hybridized carbons (Fsp3) is 0.316. The van der Waals surface area contributed by atoms with E-state index < -0.39 is 0 Å². The van der Waals surface area contributed by atoms with Gasteiger partial charge < -0.3 is 4.90 Å². The highest BCUT2D eigenvalue weighted by atomic mass is 15.3. The third kappa shape index (κ3) is 3.20. The molecule has 3 rings (SSSR count). The molecular weight excluding hydrogens is 270 g/mol. The van der Waals surface area contributed by atoms with Crippen LogP contribution in [0.3, 0.4) is 0 Å². The van der Waals surface area contributed by atoms with Gasteiger partial charge in [0.1, 0.15) is 0 Å². The van der Waals surface area contributed by atoms with Crippen molar-refractivity contribution in [2.24, 2.45) is 0 Å². The van der Waals surface area contributed by atoms with Gasteiger partial charge in [0.15, 0.2) is 0 Å². The number of nitrogens with zero attached hydrogens (tertiary/aromatic N) is 3. The lowest BCUT2D eigenvalue weighted by Crippen LogP contribution is -2.15. The molecule has 1 aromatic heterocycles. The lowest BCUT2D eigenvalue weighted by molar-refractivity contribution is 0.381. The van der Waals surface area contributed by atoms with Gasteiger partial charge in [-0.15, -0.1) is 0 Å². The monoisotopic (exact) mass is 293 g/mol. The number of fused-ring (bicyclic) bond motifs is 1. The van der Waals surface area contributed by atoms with Crippen molar-refractivity contribution in [3.05, 3.63) is 54.2 Å². The van der Waals surface area contributed by atoms with Gasteiger partial charge in [-0.1, -0.05) is 36.4 Å². The van der Waals surface area contributed by atoms with Gasteiger partial charge in [-0.25, -0.2) is 0 Å². The first kappa shape index (κ1) is 14.8. The molecule has 0 fully saturated rings. The molecule has 0 atom stereocenters. The topological polar surface area (TPSA) is 21.1 Å². The number of benzene rings is 2. The highest BCUT2D eigenvalue weighted by molar-refractivity contribution is 5.84. The lowest BCUT2D eigenvalue weighted by atomic mass is 10.00. The first-order valence-corrected chi connectivity index (χ1v) is 7.81. The molecule has 0 amide bonds. The Morgan fingerprint density at radius 3 is 2.68 bits per heavy atom. The van der Waals surface area contributed by atoms with Crippen LogP contribution in [0.4, 0.5) is 0 Å². The van der Waals surface area contributed by atoms with Crippen molar-refractivity contribution >= 4 is 10.9 Å². The molecule has 0 aliphatic carbocycles. The Kier molecular flexibility index (Phi) is 4.25. The van der Waals surface area contributed by atoms with Crippen LogP contribution >= 0.6 is 0 Å². The summed E-state index contributed by atoms with van der Waals surface area (Å²) < 4.78 is 2.07. The summed E-state index contributed by atoms with van der Waals surface area (Å²) in [6.45, 7) is 4.20. The Hall–Kier alpha value is -2.13. The number of rotatable bonds is 5. The van der Waals surface area contributed by atoms with Crippen LogP contribution in [-0.2, 0) is 6.54 Å². The van der Waals surface area contributed by atoms with Crippen molar-refractivity contribution in [1.82, 2.24) is 14.7 Å². The molecule has 0 aliphatic heterocycles. The molecule has 0 bridgehead atoms. The highest BCUT2D eigenvalue weighted by Gasteiger charge is 2.05. The van der Waals surface area contributed by atoms with E-state index in [1.165, 1.54) is 22.1 Å². The Balaban J connectivity index is 1.86. The van der Waals surface area contributed by atoms with E-state index in [0.717, 1.165) is 25.0 Å². The Bertz CT molecular complexity index is 771. The van der Waals surface area contributed by atoms with E-state index in [9.17, 15) is 0 Å². The van der Waals surface area contributed by atoms with Crippen LogP contribution in [0.2, 0.25) is 0 Å². The summed E-state index contributed by atoms with van der Waals surface area (Å²) in [5.41, 5.74) is 4.90. The van der Waals surface area contributed by atoms with E-state index in [0.29, 0.717) is 0 Å². The largest absolute Gasteiger partial charge is 0.309 e. The molecule has 1 heterocycles. The summed E-state index contributed by atoms with van der Waals surface area (Å²) >= 11 is 0. The van der Waals surface area contributed by atoms with Crippen LogP contribution in [0.5, 0.6) is 0 Å². The second kappa shape index (κ2) is 6.32. The highest BCUT2D eigenvalue weighted by Crippen LogP contribution is 2.26. The zero-order valence-electron chi connectivity index (χ0n) is 13.6. The molecule has 2 aromatic carbocycles. The fourth-order valence-electron chi connectivity index (χ4n) is 2.80. The van der Waals surface area contributed by atoms with Crippen LogP contribution in [0, 0.1) is 6.92 Å². The lowest BCUT2D eigenvalue weighted by Gasteiger charge is -2.08. The standard InChI is InChI=1S/C19H23N3/c1-15-7-4-5-8-18(15)16-9-10-17-14-22(20-19(17)13-16)12-6-11-21(2)3/h4-5,7-10,13-14H,6,11-12H2,1-3H3. The molecular formula is C19H23N3. The van der Waals surface area contributed by atoms with E-state index in [1.54, 1.807) is 0 Å². The summed E-state index contributed by atoms with van der Waals surface area (Å²) in [6, 6.07) is 15.1. The zero-order valence-corrected chi connectivity index (χ0v) is 13.6. The van der Waals surface area contributed by atoms with E-state index in [4.69, 9.17) is 5.10 Å². The molecule has 0 saturated carbocycles. The Morgan fingerprint density at radius 2 is 1.91 bits per heavy atom. The number of hydrogen-bond acceptors (Lipinski definition) is 2. The molecule has 0 radical (unpaired) electrons. The second-order valence-electron chi connectivity index (χ2n) is 6.14. The quantitative estimate of drug-likeness (QED) is 0.710. The second-order valence-corrected chi connectivity index (χ2v) is 6.14. The fourth-order valence-corrected chi connectivity index (χ4v) is 2.80. The van der Waals surface area contributed by atoms with Crippen molar-refractivity contribution in [2.45, 2.75) is 19.9 Å². The van der Waals surface area contributed by atoms with E-state index >= 15 is 0 Å². The summed E-state index contributed by atoms with van der Waals surface area (Å²) in [5.74, 6) is 0. The van der Waals surface area contributed by atoms with Crippen LogP contribution in [-0.4, -0.2) is 35.3 Å². The maximum Gasteiger partial charge on any atom is 0.0929 e. The van der Waals surface area contributed by atoms with Crippen molar-refractivity contribution in [3.8, 4) is 11.1 Å². The number of aromatic nitrogens is 2. The first-order valence-electron chi connectivity index (χ1n) is 7.81. The molecule has 0 spiro atoms. The molecule has 22 heavy (non-hydrogen) atoms. The smallest absolute Gasteiger partial charge is 0.0929 e. The molecule has 0 unspecified atom stereocenters. The minimum absolute atomic E-state index is 0.965. The Morgan fingerprint density at radius 1 is 1.09 bits per heavy atom. The van der Waals surface area contributed by atoms with Gasteiger partial charge in [-0.2, -0.15) is 5.10 Å². The van der Waals surface area contributed by atoms with E-state index in [2.05, 4.69) is 79.3 Å². The molecule has 3 aromatic rings. The predicted molar refractivity (Wildman–Crippen MR) is 93.1 cm³/mol. The predicted octanol–water partition coefficient (Wildman–Crippen LogP) is 3.96. The zero-order chi connectivity index (χ0) is 15.5. The molecule has 0 N–H and O–H groups in total. The summed E-state index contributed by atoms with van der Waals surface area (Å²) in [7, 11) is 4.21. The first-order chi connectivity index (χ1) is 10.6. The minimum Gasteiger partial charge on any atom is -0.309 e. The third-order valence-corrected chi connectivity index (χ3v) is 4.00. The molecule has 3 nitrogen and oxygen atoms in total. The van der Waals surface area contributed by atoms with Crippen molar-refractivity contribution in [1.29, 1.82) is 0 Å². The van der Waals surface area contributed by atoms with Gasteiger partial charge in [0, 0.05) is 18.1 Å². The maximum absolute atomic E-state index is 4.72. The van der Waals surface area contributed by atoms with Gasteiger partial charge in [0.2, 0.25) is 0 Å². The third-order valence-electron chi connectivity index (χ3n) is 4.00. The maximum atomic E-state index is 4.72. The van der Waals surface area contributed by atoms with Crippen LogP contribution in [0.25, 0.3) is 22.0 Å². The van der Waals surface area contributed by atoms with Crippen molar-refractivity contribution in [2.75, 3.05) is 20.6 Å². The molecule has 114 valence electrons. The number of aryl methyl sites for hydroxylation is 2. The normalized spacial score (nSPS) is 11.5. The van der Waals surface area contributed by atoms with E-state index in [-0.39, 0.29) is 0 Å². The molecule has 0 saturated heterocycles. The van der Waals surface area contributed by atoms with Gasteiger partial charge in [-0.3, -0.25) is 4.68 Å². The van der Waals surface area contributed by atoms with Crippen molar-refractivity contribution in [3.63, 3.8) is 0 Å². The average Bonchev–Trinajstić information content (AvgIpc) is 2.89. The number of hydrogen-bond donors (Lipinski definition) is 0. The van der Waals surface area contributed by atoms with Gasteiger partial charge in [0.25, 0.3) is 0 Å². The van der Waals surface area contributed by atoms with Gasteiger partial charge in [-0.05, 0) is 56.7 Å².